The number of hydrogen-bond donors (Lipinski definition) is 0. The zero-order chi connectivity index (χ0) is 33.1. The summed E-state index contributed by atoms with van der Waals surface area (Å²) in [6, 6.07) is 27.2. The summed E-state index contributed by atoms with van der Waals surface area (Å²) in [6.45, 7) is 18.7. The normalized spacial score (nSPS) is 19.7. The zero-order valence-electron chi connectivity index (χ0n) is 28.4. The number of anilines is 4. The Morgan fingerprint density at radius 3 is 1.30 bits per heavy atom. The van der Waals surface area contributed by atoms with Gasteiger partial charge in [0.25, 0.3) is 0 Å². The molecule has 0 radical (unpaired) electrons. The number of rotatable bonds is 4. The molecule has 0 saturated carbocycles. The lowest BCUT2D eigenvalue weighted by Gasteiger charge is -2.32. The molecule has 2 aliphatic carbocycles. The molecule has 4 aromatic rings. The second kappa shape index (κ2) is 10.7. The van der Waals surface area contributed by atoms with Crippen LogP contribution in [0.3, 0.4) is 0 Å². The number of nitrogens with zero attached hydrogens (tertiary/aromatic N) is 2. The first-order valence-corrected chi connectivity index (χ1v) is 18.2. The highest BCUT2D eigenvalue weighted by Crippen LogP contribution is 2.48. The highest BCUT2D eigenvalue weighted by molar-refractivity contribution is 9.10. The largest absolute Gasteiger partial charge is 0.334 e. The van der Waals surface area contributed by atoms with E-state index in [1.54, 1.807) is 0 Å². The van der Waals surface area contributed by atoms with Crippen LogP contribution in [0.25, 0.3) is 34.4 Å². The van der Waals surface area contributed by atoms with Gasteiger partial charge in [-0.2, -0.15) is 0 Å². The Bertz CT molecular complexity index is 2200. The summed E-state index contributed by atoms with van der Waals surface area (Å²) in [6.07, 6.45) is 4.82. The maximum Gasteiger partial charge on any atom is 0.0530 e. The molecule has 4 aliphatic rings. The van der Waals surface area contributed by atoms with Crippen LogP contribution in [0.1, 0.15) is 66.5 Å². The van der Waals surface area contributed by atoms with Gasteiger partial charge in [-0.15, -0.1) is 0 Å². The molecule has 0 fully saturated rings. The maximum absolute atomic E-state index is 4.14. The van der Waals surface area contributed by atoms with Crippen LogP contribution in [-0.2, 0) is 0 Å². The molecule has 4 aromatic carbocycles. The Hall–Kier alpha value is -3.60. The molecular weight excluding hydrogens is 704 g/mol. The van der Waals surface area contributed by atoms with E-state index in [0.29, 0.717) is 0 Å². The van der Waals surface area contributed by atoms with E-state index in [-0.39, 0.29) is 17.5 Å². The van der Waals surface area contributed by atoms with Gasteiger partial charge in [-0.25, -0.2) is 0 Å². The van der Waals surface area contributed by atoms with Gasteiger partial charge in [0.2, 0.25) is 0 Å². The standard InChI is InChI=1S/C43H40Br2N2/c1-23-19-33-31(21-35-37(41(33)44)25(3)27(5)46(35)29-15-11-9-12-16-29)39(23)43(7,8)40-24(2)20-34-32(40)22-36-38(42(34)45)26(4)28(6)47(36)30-17-13-10-14-18-30/h9-22,27-28H,1-8H3. The van der Waals surface area contributed by atoms with Crippen LogP contribution in [-0.4, -0.2) is 12.1 Å². The molecule has 2 nitrogen and oxygen atoms in total. The molecule has 2 unspecified atom stereocenters. The molecule has 0 bridgehead atoms. The summed E-state index contributed by atoms with van der Waals surface area (Å²) in [4.78, 5) is 5.02. The number of allylic oxidation sites excluding steroid dienone is 2. The van der Waals surface area contributed by atoms with E-state index in [1.165, 1.54) is 97.1 Å². The van der Waals surface area contributed by atoms with Crippen molar-refractivity contribution in [2.24, 2.45) is 5.41 Å². The second-order valence-electron chi connectivity index (χ2n) is 14.3. The van der Waals surface area contributed by atoms with Crippen LogP contribution >= 0.6 is 31.9 Å². The first kappa shape index (κ1) is 30.7. The maximum atomic E-state index is 4.14. The fourth-order valence-electron chi connectivity index (χ4n) is 9.04. The molecule has 0 amide bonds. The SMILES string of the molecule is CC1=Cc2c(Br)c3c(cc2=C1C(C)(C)C1=c2cc4c(c(Br)c2C=C1C)=C(C)C(C)N4c1ccccc1)N(c1ccccc1)C(C)C=3C. The Kier molecular flexibility index (Phi) is 6.99. The van der Waals surface area contributed by atoms with Crippen molar-refractivity contribution < 1.29 is 0 Å². The van der Waals surface area contributed by atoms with Crippen LogP contribution in [0.2, 0.25) is 0 Å². The molecule has 47 heavy (non-hydrogen) atoms. The van der Waals surface area contributed by atoms with E-state index < -0.39 is 0 Å². The number of benzene rings is 4. The van der Waals surface area contributed by atoms with Crippen molar-refractivity contribution >= 4 is 89.1 Å². The quantitative estimate of drug-likeness (QED) is 0.206. The lowest BCUT2D eigenvalue weighted by molar-refractivity contribution is 0.665. The molecule has 2 heterocycles. The number of para-hydroxylation sites is 2. The smallest absolute Gasteiger partial charge is 0.0530 e. The van der Waals surface area contributed by atoms with Crippen molar-refractivity contribution in [3.8, 4) is 0 Å². The van der Waals surface area contributed by atoms with E-state index in [2.05, 4.69) is 182 Å². The summed E-state index contributed by atoms with van der Waals surface area (Å²) < 4.78 is 2.42. The van der Waals surface area contributed by atoms with Gasteiger partial charge < -0.3 is 9.80 Å². The fourth-order valence-corrected chi connectivity index (χ4v) is 10.7. The van der Waals surface area contributed by atoms with Crippen molar-refractivity contribution in [2.75, 3.05) is 9.80 Å². The summed E-state index contributed by atoms with van der Waals surface area (Å²) in [5, 5.41) is 5.33. The number of halogens is 2. The van der Waals surface area contributed by atoms with Gasteiger partial charge in [-0.1, -0.05) is 50.2 Å². The Morgan fingerprint density at radius 1 is 0.574 bits per heavy atom. The molecule has 2 aliphatic heterocycles. The van der Waals surface area contributed by atoms with Crippen molar-refractivity contribution in [3.63, 3.8) is 0 Å². The van der Waals surface area contributed by atoms with Crippen molar-refractivity contribution in [2.45, 2.75) is 67.5 Å². The fraction of sp³-hybridized carbons (Fsp3) is 0.256. The first-order valence-electron chi connectivity index (χ1n) is 16.7. The molecule has 0 aromatic heterocycles. The summed E-state index contributed by atoms with van der Waals surface area (Å²) in [7, 11) is 0. The van der Waals surface area contributed by atoms with Gasteiger partial charge in [-0.3, -0.25) is 0 Å². The zero-order valence-corrected chi connectivity index (χ0v) is 31.6. The van der Waals surface area contributed by atoms with Crippen LogP contribution < -0.4 is 30.7 Å². The van der Waals surface area contributed by atoms with E-state index in [1.807, 2.05) is 0 Å². The first-order chi connectivity index (χ1) is 22.4. The van der Waals surface area contributed by atoms with Crippen LogP contribution in [0.4, 0.5) is 22.7 Å². The van der Waals surface area contributed by atoms with Gasteiger partial charge in [0, 0.05) is 36.2 Å². The molecule has 2 atom stereocenters. The average Bonchev–Trinajstić information content (AvgIpc) is 3.73. The van der Waals surface area contributed by atoms with Gasteiger partial charge in [-0.05, 0) is 177 Å². The predicted octanol–water partition coefficient (Wildman–Crippen LogP) is 9.49. The second-order valence-corrected chi connectivity index (χ2v) is 15.8. The van der Waals surface area contributed by atoms with Crippen molar-refractivity contribution in [3.05, 3.63) is 125 Å². The van der Waals surface area contributed by atoms with Gasteiger partial charge in [0.15, 0.2) is 0 Å². The Balaban J connectivity index is 1.40. The van der Waals surface area contributed by atoms with Crippen molar-refractivity contribution in [1.82, 2.24) is 0 Å². The van der Waals surface area contributed by atoms with Gasteiger partial charge >= 0.3 is 0 Å². The number of fused-ring (bicyclic) bond motifs is 4. The summed E-state index contributed by atoms with van der Waals surface area (Å²) in [5.41, 5.74) is 15.7. The average molecular weight is 745 g/mol. The molecule has 8 rings (SSSR count). The van der Waals surface area contributed by atoms with E-state index >= 15 is 0 Å². The monoisotopic (exact) mass is 742 g/mol. The Morgan fingerprint density at radius 2 is 0.936 bits per heavy atom. The summed E-state index contributed by atoms with van der Waals surface area (Å²) >= 11 is 8.28. The summed E-state index contributed by atoms with van der Waals surface area (Å²) in [5.74, 6) is 0. The molecule has 4 heteroatoms. The lowest BCUT2D eigenvalue weighted by Crippen LogP contribution is -2.30. The topological polar surface area (TPSA) is 6.48 Å². The Labute approximate surface area is 295 Å². The van der Waals surface area contributed by atoms with E-state index in [9.17, 15) is 0 Å². The third-order valence-corrected chi connectivity index (χ3v) is 12.9. The minimum absolute atomic E-state index is 0.250. The van der Waals surface area contributed by atoms with Gasteiger partial charge in [0.05, 0.1) is 23.5 Å². The third kappa shape index (κ3) is 4.20. The molecule has 0 N–H and O–H groups in total. The number of hydrogen-bond acceptors (Lipinski definition) is 2. The third-order valence-electron chi connectivity index (χ3n) is 11.3. The highest BCUT2D eigenvalue weighted by atomic mass is 79.9. The van der Waals surface area contributed by atoms with Crippen LogP contribution in [0, 0.1) is 5.41 Å². The predicted molar refractivity (Wildman–Crippen MR) is 209 cm³/mol. The molecule has 0 spiro atoms. The molecule has 0 saturated heterocycles. The minimum atomic E-state index is -0.250. The van der Waals surface area contributed by atoms with E-state index in [4.69, 9.17) is 0 Å². The lowest BCUT2D eigenvalue weighted by atomic mass is 9.72. The van der Waals surface area contributed by atoms with Crippen LogP contribution in [0.15, 0.2) is 92.9 Å². The van der Waals surface area contributed by atoms with Crippen molar-refractivity contribution in [1.29, 1.82) is 0 Å². The highest BCUT2D eigenvalue weighted by Gasteiger charge is 2.39. The van der Waals surface area contributed by atoms with Gasteiger partial charge in [0.1, 0.15) is 0 Å². The molecular formula is C43H40Br2N2. The van der Waals surface area contributed by atoms with Crippen LogP contribution in [0.5, 0.6) is 0 Å². The minimum Gasteiger partial charge on any atom is -0.334 e. The molecule has 236 valence electrons. The van der Waals surface area contributed by atoms with E-state index in [0.717, 1.165) is 0 Å².